The molecule has 0 amide bonds. The van der Waals surface area contributed by atoms with Gasteiger partial charge in [-0.15, -0.1) is 0 Å². The smallest absolute Gasteiger partial charge is 0.171 e. The summed E-state index contributed by atoms with van der Waals surface area (Å²) in [6.07, 6.45) is 3.49. The number of rotatable bonds is 6. The molecule has 0 unspecified atom stereocenters. The van der Waals surface area contributed by atoms with Crippen LogP contribution in [0, 0.1) is 5.82 Å². The van der Waals surface area contributed by atoms with Gasteiger partial charge in [0.25, 0.3) is 0 Å². The van der Waals surface area contributed by atoms with Crippen LogP contribution in [0.3, 0.4) is 0 Å². The average Bonchev–Trinajstić information content (AvgIpc) is 2.53. The SMILES string of the molecule is CCCCc1ccc(NC(=S)NCc2ccc(F)cc2Cl)cc1. The molecular weight excluding hydrogens is 331 g/mol. The average molecular weight is 351 g/mol. The van der Waals surface area contributed by atoms with Gasteiger partial charge in [0.1, 0.15) is 5.82 Å². The Morgan fingerprint density at radius 1 is 1.17 bits per heavy atom. The molecule has 0 spiro atoms. The van der Waals surface area contributed by atoms with Gasteiger partial charge in [0.05, 0.1) is 0 Å². The van der Waals surface area contributed by atoms with Crippen LogP contribution >= 0.6 is 23.8 Å². The van der Waals surface area contributed by atoms with Gasteiger partial charge in [-0.2, -0.15) is 0 Å². The molecule has 0 saturated heterocycles. The fraction of sp³-hybridized carbons (Fsp3) is 0.278. The zero-order chi connectivity index (χ0) is 16.7. The molecule has 122 valence electrons. The van der Waals surface area contributed by atoms with Crippen molar-refractivity contribution in [2.24, 2.45) is 0 Å². The maximum Gasteiger partial charge on any atom is 0.171 e. The van der Waals surface area contributed by atoms with Crippen molar-refractivity contribution in [3.63, 3.8) is 0 Å². The topological polar surface area (TPSA) is 24.1 Å². The monoisotopic (exact) mass is 350 g/mol. The Morgan fingerprint density at radius 3 is 2.57 bits per heavy atom. The van der Waals surface area contributed by atoms with Gasteiger partial charge in [-0.05, 0) is 60.5 Å². The molecule has 0 bridgehead atoms. The molecule has 5 heteroatoms. The largest absolute Gasteiger partial charge is 0.358 e. The lowest BCUT2D eigenvalue weighted by molar-refractivity contribution is 0.627. The minimum Gasteiger partial charge on any atom is -0.358 e. The van der Waals surface area contributed by atoms with E-state index in [1.807, 2.05) is 12.1 Å². The highest BCUT2D eigenvalue weighted by molar-refractivity contribution is 7.80. The zero-order valence-electron chi connectivity index (χ0n) is 13.0. The molecule has 0 saturated carbocycles. The summed E-state index contributed by atoms with van der Waals surface area (Å²) in [4.78, 5) is 0. The minimum absolute atomic E-state index is 0.345. The number of unbranched alkanes of at least 4 members (excludes halogenated alkanes) is 1. The van der Waals surface area contributed by atoms with Gasteiger partial charge in [-0.3, -0.25) is 0 Å². The molecule has 0 atom stereocenters. The lowest BCUT2D eigenvalue weighted by Crippen LogP contribution is -2.28. The van der Waals surface area contributed by atoms with Crippen LogP contribution in [-0.2, 0) is 13.0 Å². The summed E-state index contributed by atoms with van der Waals surface area (Å²) in [5.74, 6) is -0.345. The molecule has 0 aliphatic carbocycles. The second kappa shape index (κ2) is 8.85. The van der Waals surface area contributed by atoms with Crippen molar-refractivity contribution in [1.29, 1.82) is 0 Å². The number of nitrogens with one attached hydrogen (secondary N) is 2. The van der Waals surface area contributed by atoms with Gasteiger partial charge in [-0.1, -0.05) is 43.1 Å². The van der Waals surface area contributed by atoms with E-state index in [1.165, 1.54) is 30.5 Å². The van der Waals surface area contributed by atoms with Crippen LogP contribution in [0.1, 0.15) is 30.9 Å². The first-order valence-electron chi connectivity index (χ1n) is 7.66. The molecular formula is C18H20ClFN2S. The van der Waals surface area contributed by atoms with Crippen molar-refractivity contribution < 1.29 is 4.39 Å². The number of thiocarbonyl (C=S) groups is 1. The molecule has 2 N–H and O–H groups in total. The van der Waals surface area contributed by atoms with Crippen molar-refractivity contribution in [2.45, 2.75) is 32.7 Å². The first-order valence-corrected chi connectivity index (χ1v) is 8.45. The molecule has 23 heavy (non-hydrogen) atoms. The quantitative estimate of drug-likeness (QED) is 0.690. The van der Waals surface area contributed by atoms with Crippen LogP contribution in [0.5, 0.6) is 0 Å². The van der Waals surface area contributed by atoms with E-state index in [-0.39, 0.29) is 5.82 Å². The summed E-state index contributed by atoms with van der Waals surface area (Å²) in [5, 5.41) is 7.10. The van der Waals surface area contributed by atoms with E-state index in [9.17, 15) is 4.39 Å². The Bertz CT molecular complexity index is 659. The highest BCUT2D eigenvalue weighted by Gasteiger charge is 2.03. The summed E-state index contributed by atoms with van der Waals surface area (Å²) in [6, 6.07) is 12.6. The number of hydrogen-bond acceptors (Lipinski definition) is 1. The van der Waals surface area contributed by atoms with E-state index in [4.69, 9.17) is 23.8 Å². The fourth-order valence-electron chi connectivity index (χ4n) is 2.15. The Labute approximate surface area is 147 Å². The first-order chi connectivity index (χ1) is 11.1. The van der Waals surface area contributed by atoms with E-state index >= 15 is 0 Å². The van der Waals surface area contributed by atoms with E-state index in [0.29, 0.717) is 16.7 Å². The second-order valence-electron chi connectivity index (χ2n) is 5.34. The van der Waals surface area contributed by atoms with Crippen molar-refractivity contribution in [3.8, 4) is 0 Å². The summed E-state index contributed by atoms with van der Waals surface area (Å²) >= 11 is 11.3. The number of aryl methyl sites for hydroxylation is 1. The van der Waals surface area contributed by atoms with Gasteiger partial charge in [0.15, 0.2) is 5.11 Å². The third-order valence-electron chi connectivity index (χ3n) is 3.49. The van der Waals surface area contributed by atoms with Gasteiger partial charge in [-0.25, -0.2) is 4.39 Å². The van der Waals surface area contributed by atoms with Crippen LogP contribution in [-0.4, -0.2) is 5.11 Å². The molecule has 2 aromatic rings. The normalized spacial score (nSPS) is 10.4. The van der Waals surface area contributed by atoms with Crippen LogP contribution < -0.4 is 10.6 Å². The summed E-state index contributed by atoms with van der Waals surface area (Å²) in [7, 11) is 0. The second-order valence-corrected chi connectivity index (χ2v) is 6.16. The van der Waals surface area contributed by atoms with Crippen molar-refractivity contribution >= 4 is 34.6 Å². The van der Waals surface area contributed by atoms with Crippen LogP contribution in [0.2, 0.25) is 5.02 Å². The van der Waals surface area contributed by atoms with Crippen molar-refractivity contribution in [1.82, 2.24) is 5.32 Å². The fourth-order valence-corrected chi connectivity index (χ4v) is 2.58. The molecule has 0 heterocycles. The van der Waals surface area contributed by atoms with E-state index in [2.05, 4.69) is 29.7 Å². The summed E-state index contributed by atoms with van der Waals surface area (Å²) in [5.41, 5.74) is 3.06. The van der Waals surface area contributed by atoms with E-state index in [0.717, 1.165) is 17.7 Å². The molecule has 2 aromatic carbocycles. The Morgan fingerprint density at radius 2 is 1.91 bits per heavy atom. The molecule has 2 nitrogen and oxygen atoms in total. The molecule has 2 rings (SSSR count). The van der Waals surface area contributed by atoms with Crippen LogP contribution in [0.15, 0.2) is 42.5 Å². The van der Waals surface area contributed by atoms with Crippen LogP contribution in [0.4, 0.5) is 10.1 Å². The maximum atomic E-state index is 13.0. The highest BCUT2D eigenvalue weighted by Crippen LogP contribution is 2.17. The summed E-state index contributed by atoms with van der Waals surface area (Å²) < 4.78 is 13.0. The predicted octanol–water partition coefficient (Wildman–Crippen LogP) is 5.31. The molecule has 0 fully saturated rings. The van der Waals surface area contributed by atoms with Gasteiger partial charge in [0, 0.05) is 17.3 Å². The number of benzene rings is 2. The Kier molecular flexibility index (Phi) is 6.81. The third-order valence-corrected chi connectivity index (χ3v) is 4.08. The predicted molar refractivity (Wildman–Crippen MR) is 99.5 cm³/mol. The zero-order valence-corrected chi connectivity index (χ0v) is 14.6. The summed E-state index contributed by atoms with van der Waals surface area (Å²) in [6.45, 7) is 2.63. The molecule has 0 aromatic heterocycles. The Balaban J connectivity index is 1.84. The Hall–Kier alpha value is -1.65. The molecule has 0 aliphatic rings. The number of halogens is 2. The number of anilines is 1. The lowest BCUT2D eigenvalue weighted by atomic mass is 10.1. The van der Waals surface area contributed by atoms with Gasteiger partial charge >= 0.3 is 0 Å². The highest BCUT2D eigenvalue weighted by atomic mass is 35.5. The van der Waals surface area contributed by atoms with Crippen molar-refractivity contribution in [2.75, 3.05) is 5.32 Å². The van der Waals surface area contributed by atoms with Gasteiger partial charge < -0.3 is 10.6 Å². The maximum absolute atomic E-state index is 13.0. The molecule has 0 aliphatic heterocycles. The first kappa shape index (κ1) is 17.7. The van der Waals surface area contributed by atoms with Crippen molar-refractivity contribution in [3.05, 3.63) is 64.4 Å². The third kappa shape index (κ3) is 5.81. The van der Waals surface area contributed by atoms with E-state index in [1.54, 1.807) is 6.07 Å². The number of hydrogen-bond donors (Lipinski definition) is 2. The van der Waals surface area contributed by atoms with E-state index < -0.39 is 0 Å². The lowest BCUT2D eigenvalue weighted by Gasteiger charge is -2.12. The minimum atomic E-state index is -0.345. The van der Waals surface area contributed by atoms with Gasteiger partial charge in [0.2, 0.25) is 0 Å². The molecule has 0 radical (unpaired) electrons. The standard InChI is InChI=1S/C18H20ClFN2S/c1-2-3-4-13-5-9-16(10-6-13)22-18(23)21-12-14-7-8-15(20)11-17(14)19/h5-11H,2-4,12H2,1H3,(H2,21,22,23). The van der Waals surface area contributed by atoms with Crippen LogP contribution in [0.25, 0.3) is 0 Å².